The van der Waals surface area contributed by atoms with Crippen LogP contribution < -0.4 is 11.1 Å². The summed E-state index contributed by atoms with van der Waals surface area (Å²) in [4.78, 5) is 13.5. The van der Waals surface area contributed by atoms with E-state index in [4.69, 9.17) is 5.73 Å². The van der Waals surface area contributed by atoms with Gasteiger partial charge in [0.05, 0.1) is 6.54 Å². The SMILES string of the molecule is CCNC(=O)CN(C)CC(CN)c1ccccc1. The first-order chi connectivity index (χ1) is 8.67. The molecule has 1 rings (SSSR count). The fourth-order valence-corrected chi connectivity index (χ4v) is 1.98. The van der Waals surface area contributed by atoms with E-state index < -0.39 is 0 Å². The Labute approximate surface area is 109 Å². The van der Waals surface area contributed by atoms with Gasteiger partial charge in [-0.1, -0.05) is 30.3 Å². The number of carbonyl (C=O) groups is 1. The first kappa shape index (κ1) is 14.7. The molecule has 0 bridgehead atoms. The third kappa shape index (κ3) is 4.85. The molecule has 4 heteroatoms. The average molecular weight is 249 g/mol. The topological polar surface area (TPSA) is 58.4 Å². The van der Waals surface area contributed by atoms with Crippen molar-refractivity contribution in [2.45, 2.75) is 12.8 Å². The first-order valence-electron chi connectivity index (χ1n) is 6.37. The molecule has 0 aromatic heterocycles. The second-order valence-corrected chi connectivity index (χ2v) is 4.49. The monoisotopic (exact) mass is 249 g/mol. The van der Waals surface area contributed by atoms with Gasteiger partial charge in [0, 0.05) is 25.6 Å². The maximum atomic E-state index is 11.5. The van der Waals surface area contributed by atoms with Crippen molar-refractivity contribution in [1.82, 2.24) is 10.2 Å². The fraction of sp³-hybridized carbons (Fsp3) is 0.500. The van der Waals surface area contributed by atoms with Crippen molar-refractivity contribution in [2.24, 2.45) is 5.73 Å². The van der Waals surface area contributed by atoms with E-state index in [2.05, 4.69) is 17.4 Å². The number of amides is 1. The number of hydrogen-bond acceptors (Lipinski definition) is 3. The lowest BCUT2D eigenvalue weighted by Gasteiger charge is -2.22. The number of nitrogens with one attached hydrogen (secondary N) is 1. The molecule has 0 heterocycles. The zero-order chi connectivity index (χ0) is 13.4. The molecule has 1 unspecified atom stereocenters. The molecule has 0 saturated carbocycles. The molecule has 0 aliphatic carbocycles. The molecule has 1 aromatic carbocycles. The van der Waals surface area contributed by atoms with Gasteiger partial charge >= 0.3 is 0 Å². The number of nitrogens with two attached hydrogens (primary N) is 1. The van der Waals surface area contributed by atoms with E-state index in [0.717, 1.165) is 6.54 Å². The van der Waals surface area contributed by atoms with Gasteiger partial charge in [-0.15, -0.1) is 0 Å². The lowest BCUT2D eigenvalue weighted by atomic mass is 9.99. The molecule has 3 N–H and O–H groups in total. The summed E-state index contributed by atoms with van der Waals surface area (Å²) in [5.41, 5.74) is 7.04. The maximum Gasteiger partial charge on any atom is 0.234 e. The molecular weight excluding hydrogens is 226 g/mol. The quantitative estimate of drug-likeness (QED) is 0.751. The molecule has 18 heavy (non-hydrogen) atoms. The molecule has 1 atom stereocenters. The van der Waals surface area contributed by atoms with Gasteiger partial charge in [0.15, 0.2) is 0 Å². The second-order valence-electron chi connectivity index (χ2n) is 4.49. The largest absolute Gasteiger partial charge is 0.355 e. The highest BCUT2D eigenvalue weighted by Gasteiger charge is 2.13. The van der Waals surface area contributed by atoms with Crippen LogP contribution >= 0.6 is 0 Å². The number of carbonyl (C=O) groups excluding carboxylic acids is 1. The van der Waals surface area contributed by atoms with Crippen LogP contribution in [0.15, 0.2) is 30.3 Å². The van der Waals surface area contributed by atoms with Gasteiger partial charge in [-0.05, 0) is 19.5 Å². The third-order valence-corrected chi connectivity index (χ3v) is 2.88. The number of hydrogen-bond donors (Lipinski definition) is 2. The molecule has 0 fully saturated rings. The average Bonchev–Trinajstić information content (AvgIpc) is 2.37. The second kappa shape index (κ2) is 7.84. The molecule has 0 spiro atoms. The van der Waals surface area contributed by atoms with Crippen molar-refractivity contribution in [2.75, 3.05) is 33.2 Å². The minimum absolute atomic E-state index is 0.0591. The standard InChI is InChI=1S/C14H23N3O/c1-3-16-14(18)11-17(2)10-13(9-15)12-7-5-4-6-8-12/h4-8,13H,3,9-11,15H2,1-2H3,(H,16,18). The smallest absolute Gasteiger partial charge is 0.234 e. The van der Waals surface area contributed by atoms with Crippen LogP contribution in [0.4, 0.5) is 0 Å². The minimum atomic E-state index is 0.0591. The van der Waals surface area contributed by atoms with Crippen molar-refractivity contribution in [3.05, 3.63) is 35.9 Å². The van der Waals surface area contributed by atoms with E-state index in [1.807, 2.05) is 37.1 Å². The zero-order valence-electron chi connectivity index (χ0n) is 11.2. The lowest BCUT2D eigenvalue weighted by molar-refractivity contribution is -0.121. The Bertz CT molecular complexity index is 353. The van der Waals surface area contributed by atoms with Gasteiger partial charge in [-0.25, -0.2) is 0 Å². The summed E-state index contributed by atoms with van der Waals surface area (Å²) in [6.07, 6.45) is 0. The normalized spacial score (nSPS) is 12.4. The molecule has 0 saturated heterocycles. The Morgan fingerprint density at radius 2 is 2.06 bits per heavy atom. The minimum Gasteiger partial charge on any atom is -0.355 e. The van der Waals surface area contributed by atoms with Crippen molar-refractivity contribution in [3.63, 3.8) is 0 Å². The number of benzene rings is 1. The van der Waals surface area contributed by atoms with Crippen molar-refractivity contribution >= 4 is 5.91 Å². The van der Waals surface area contributed by atoms with E-state index >= 15 is 0 Å². The molecule has 0 aliphatic rings. The lowest BCUT2D eigenvalue weighted by Crippen LogP contribution is -2.38. The van der Waals surface area contributed by atoms with Crippen LogP contribution in [-0.4, -0.2) is 44.0 Å². The molecular formula is C14H23N3O. The molecule has 0 radical (unpaired) electrons. The van der Waals surface area contributed by atoms with E-state index in [0.29, 0.717) is 19.6 Å². The van der Waals surface area contributed by atoms with Crippen LogP contribution in [-0.2, 0) is 4.79 Å². The van der Waals surface area contributed by atoms with Crippen molar-refractivity contribution < 1.29 is 4.79 Å². The number of rotatable bonds is 7. The highest BCUT2D eigenvalue weighted by Crippen LogP contribution is 2.14. The van der Waals surface area contributed by atoms with Gasteiger partial charge in [0.2, 0.25) is 5.91 Å². The summed E-state index contributed by atoms with van der Waals surface area (Å²) in [6, 6.07) is 10.2. The molecule has 100 valence electrons. The predicted octanol–water partition coefficient (Wildman–Crippen LogP) is 0.797. The van der Waals surface area contributed by atoms with Gasteiger partial charge in [0.25, 0.3) is 0 Å². The number of likely N-dealkylation sites (N-methyl/N-ethyl adjacent to an activating group) is 2. The summed E-state index contributed by atoms with van der Waals surface area (Å²) in [5.74, 6) is 0.328. The van der Waals surface area contributed by atoms with Crippen LogP contribution in [0.5, 0.6) is 0 Å². The summed E-state index contributed by atoms with van der Waals surface area (Å²) in [5, 5.41) is 2.80. The Hall–Kier alpha value is -1.39. The van der Waals surface area contributed by atoms with Crippen LogP contribution in [0.2, 0.25) is 0 Å². The van der Waals surface area contributed by atoms with Gasteiger partial charge in [0.1, 0.15) is 0 Å². The van der Waals surface area contributed by atoms with E-state index in [9.17, 15) is 4.79 Å². The highest BCUT2D eigenvalue weighted by molar-refractivity contribution is 5.77. The zero-order valence-corrected chi connectivity index (χ0v) is 11.2. The fourth-order valence-electron chi connectivity index (χ4n) is 1.98. The third-order valence-electron chi connectivity index (χ3n) is 2.88. The summed E-state index contributed by atoms with van der Waals surface area (Å²) < 4.78 is 0. The Balaban J connectivity index is 2.51. The van der Waals surface area contributed by atoms with Gasteiger partial charge in [-0.3, -0.25) is 9.69 Å². The maximum absolute atomic E-state index is 11.5. The van der Waals surface area contributed by atoms with Gasteiger partial charge in [-0.2, -0.15) is 0 Å². The van der Waals surface area contributed by atoms with Crippen LogP contribution in [0.25, 0.3) is 0 Å². The van der Waals surface area contributed by atoms with E-state index in [1.54, 1.807) is 0 Å². The summed E-state index contributed by atoms with van der Waals surface area (Å²) in [7, 11) is 1.95. The summed E-state index contributed by atoms with van der Waals surface area (Å²) in [6.45, 7) is 4.38. The van der Waals surface area contributed by atoms with E-state index in [1.165, 1.54) is 5.56 Å². The Morgan fingerprint density at radius 1 is 1.39 bits per heavy atom. The highest BCUT2D eigenvalue weighted by atomic mass is 16.1. The van der Waals surface area contributed by atoms with Crippen molar-refractivity contribution in [3.8, 4) is 0 Å². The molecule has 1 aromatic rings. The Kier molecular flexibility index (Phi) is 6.39. The Morgan fingerprint density at radius 3 is 2.61 bits per heavy atom. The summed E-state index contributed by atoms with van der Waals surface area (Å²) >= 11 is 0. The molecule has 0 aliphatic heterocycles. The molecule has 4 nitrogen and oxygen atoms in total. The number of nitrogens with zero attached hydrogens (tertiary/aromatic N) is 1. The van der Waals surface area contributed by atoms with E-state index in [-0.39, 0.29) is 11.8 Å². The van der Waals surface area contributed by atoms with Crippen LogP contribution in [0, 0.1) is 0 Å². The predicted molar refractivity (Wildman–Crippen MR) is 74.4 cm³/mol. The van der Waals surface area contributed by atoms with Crippen molar-refractivity contribution in [1.29, 1.82) is 0 Å². The van der Waals surface area contributed by atoms with Crippen LogP contribution in [0.3, 0.4) is 0 Å². The van der Waals surface area contributed by atoms with Crippen LogP contribution in [0.1, 0.15) is 18.4 Å². The first-order valence-corrected chi connectivity index (χ1v) is 6.37. The molecule has 1 amide bonds. The van der Waals surface area contributed by atoms with Gasteiger partial charge < -0.3 is 11.1 Å².